The van der Waals surface area contributed by atoms with Crippen molar-refractivity contribution in [1.82, 2.24) is 10.2 Å². The Hall–Kier alpha value is -2.54. The molecular formula is C20H21F3N2O2. The van der Waals surface area contributed by atoms with Crippen molar-refractivity contribution in [3.05, 3.63) is 53.1 Å². The average molecular weight is 378 g/mol. The molecule has 27 heavy (non-hydrogen) atoms. The van der Waals surface area contributed by atoms with Crippen LogP contribution in [0.15, 0.2) is 36.4 Å². The highest BCUT2D eigenvalue weighted by Gasteiger charge is 2.34. The maximum Gasteiger partial charge on any atom is 0.419 e. The van der Waals surface area contributed by atoms with E-state index in [0.717, 1.165) is 24.7 Å². The van der Waals surface area contributed by atoms with Crippen LogP contribution in [0.25, 0.3) is 11.1 Å². The van der Waals surface area contributed by atoms with Crippen molar-refractivity contribution < 1.29 is 22.7 Å². The maximum absolute atomic E-state index is 13.3. The predicted octanol–water partition coefficient (Wildman–Crippen LogP) is 3.73. The number of nitrogens with one attached hydrogen (secondary N) is 1. The molecule has 4 nitrogen and oxygen atoms in total. The molecule has 1 N–H and O–H groups in total. The van der Waals surface area contributed by atoms with E-state index in [1.165, 1.54) is 13.2 Å². The highest BCUT2D eigenvalue weighted by Crippen LogP contribution is 2.39. The third-order valence-corrected chi connectivity index (χ3v) is 4.69. The van der Waals surface area contributed by atoms with Crippen molar-refractivity contribution >= 4 is 5.91 Å². The van der Waals surface area contributed by atoms with Gasteiger partial charge >= 0.3 is 6.18 Å². The van der Waals surface area contributed by atoms with Gasteiger partial charge in [0.2, 0.25) is 0 Å². The normalized spacial score (nSPS) is 14.9. The first-order valence-electron chi connectivity index (χ1n) is 8.67. The molecule has 2 aromatic rings. The smallest absolute Gasteiger partial charge is 0.419 e. The number of piperazine rings is 1. The Bertz CT molecular complexity index is 844. The van der Waals surface area contributed by atoms with Crippen LogP contribution in [0.3, 0.4) is 0 Å². The van der Waals surface area contributed by atoms with E-state index in [9.17, 15) is 18.0 Å². The summed E-state index contributed by atoms with van der Waals surface area (Å²) in [6.45, 7) is 4.60. The molecular weight excluding hydrogens is 357 g/mol. The van der Waals surface area contributed by atoms with Crippen molar-refractivity contribution in [3.8, 4) is 16.9 Å². The van der Waals surface area contributed by atoms with Gasteiger partial charge in [0.15, 0.2) is 0 Å². The number of carbonyl (C=O) groups excluding carboxylic acids is 1. The number of aryl methyl sites for hydroxylation is 1. The molecule has 0 unspecified atom stereocenters. The van der Waals surface area contributed by atoms with Gasteiger partial charge in [0.1, 0.15) is 5.75 Å². The zero-order chi connectivity index (χ0) is 19.6. The Morgan fingerprint density at radius 2 is 1.81 bits per heavy atom. The van der Waals surface area contributed by atoms with E-state index in [-0.39, 0.29) is 11.7 Å². The number of hydrogen-bond donors (Lipinski definition) is 1. The minimum absolute atomic E-state index is 0.0585. The van der Waals surface area contributed by atoms with Crippen molar-refractivity contribution in [2.75, 3.05) is 33.3 Å². The fourth-order valence-corrected chi connectivity index (χ4v) is 3.27. The molecule has 144 valence electrons. The number of ether oxygens (including phenoxy) is 1. The Morgan fingerprint density at radius 1 is 1.11 bits per heavy atom. The number of alkyl halides is 3. The molecule has 1 heterocycles. The molecule has 0 atom stereocenters. The lowest BCUT2D eigenvalue weighted by Gasteiger charge is -2.27. The van der Waals surface area contributed by atoms with Crippen LogP contribution in [0, 0.1) is 6.92 Å². The topological polar surface area (TPSA) is 41.6 Å². The molecule has 0 spiro atoms. The monoisotopic (exact) mass is 378 g/mol. The SMILES string of the molecule is COc1ccc(-c2ccc(C(=O)N3CCNCC3)cc2C)cc1C(F)(F)F. The number of rotatable bonds is 3. The first-order chi connectivity index (χ1) is 12.8. The molecule has 1 aliphatic rings. The fourth-order valence-electron chi connectivity index (χ4n) is 3.27. The minimum atomic E-state index is -4.51. The average Bonchev–Trinajstić information content (AvgIpc) is 2.67. The minimum Gasteiger partial charge on any atom is -0.496 e. The Balaban J connectivity index is 1.93. The van der Waals surface area contributed by atoms with Gasteiger partial charge in [0, 0.05) is 31.7 Å². The van der Waals surface area contributed by atoms with Crippen LogP contribution in [0.5, 0.6) is 5.75 Å². The van der Waals surface area contributed by atoms with E-state index in [1.54, 1.807) is 36.1 Å². The predicted molar refractivity (Wildman–Crippen MR) is 96.9 cm³/mol. The molecule has 0 bridgehead atoms. The summed E-state index contributed by atoms with van der Waals surface area (Å²) in [5, 5.41) is 3.19. The summed E-state index contributed by atoms with van der Waals surface area (Å²) in [7, 11) is 1.21. The lowest BCUT2D eigenvalue weighted by molar-refractivity contribution is -0.138. The summed E-state index contributed by atoms with van der Waals surface area (Å²) in [6, 6.07) is 9.10. The molecule has 1 amide bonds. The zero-order valence-electron chi connectivity index (χ0n) is 15.2. The van der Waals surface area contributed by atoms with Crippen LogP contribution in [0.1, 0.15) is 21.5 Å². The number of amides is 1. The van der Waals surface area contributed by atoms with Crippen LogP contribution in [0.4, 0.5) is 13.2 Å². The second-order valence-electron chi connectivity index (χ2n) is 6.48. The molecule has 0 aromatic heterocycles. The number of halogens is 3. The van der Waals surface area contributed by atoms with Gasteiger partial charge in [-0.2, -0.15) is 13.2 Å². The summed E-state index contributed by atoms with van der Waals surface area (Å²) in [6.07, 6.45) is -4.51. The Morgan fingerprint density at radius 3 is 2.41 bits per heavy atom. The van der Waals surface area contributed by atoms with E-state index < -0.39 is 11.7 Å². The van der Waals surface area contributed by atoms with E-state index >= 15 is 0 Å². The zero-order valence-corrected chi connectivity index (χ0v) is 15.2. The number of hydrogen-bond acceptors (Lipinski definition) is 3. The second kappa shape index (κ2) is 7.60. The number of carbonyl (C=O) groups is 1. The molecule has 7 heteroatoms. The third kappa shape index (κ3) is 4.08. The second-order valence-corrected chi connectivity index (χ2v) is 6.48. The molecule has 0 aliphatic carbocycles. The van der Waals surface area contributed by atoms with Crippen LogP contribution in [-0.2, 0) is 6.18 Å². The lowest BCUT2D eigenvalue weighted by Crippen LogP contribution is -2.46. The molecule has 0 radical (unpaired) electrons. The molecule has 1 fully saturated rings. The maximum atomic E-state index is 13.3. The van der Waals surface area contributed by atoms with Crippen molar-refractivity contribution in [2.24, 2.45) is 0 Å². The standard InChI is InChI=1S/C20H21F3N2O2/c1-13-11-15(19(26)25-9-7-24-8-10-25)3-5-16(13)14-4-6-18(27-2)17(12-14)20(21,22)23/h3-6,11-12,24H,7-10H2,1-2H3. The van der Waals surface area contributed by atoms with Crippen molar-refractivity contribution in [2.45, 2.75) is 13.1 Å². The van der Waals surface area contributed by atoms with Gasteiger partial charge < -0.3 is 15.0 Å². The highest BCUT2D eigenvalue weighted by molar-refractivity contribution is 5.95. The molecule has 1 saturated heterocycles. The molecule has 3 rings (SSSR count). The summed E-state index contributed by atoms with van der Waals surface area (Å²) < 4.78 is 44.7. The number of nitrogens with zero attached hydrogens (tertiary/aromatic N) is 1. The van der Waals surface area contributed by atoms with Gasteiger partial charge in [-0.25, -0.2) is 0 Å². The fraction of sp³-hybridized carbons (Fsp3) is 0.350. The van der Waals surface area contributed by atoms with Gasteiger partial charge in [0.25, 0.3) is 5.91 Å². The molecule has 1 aliphatic heterocycles. The lowest BCUT2D eigenvalue weighted by atomic mass is 9.96. The van der Waals surface area contributed by atoms with Gasteiger partial charge in [0.05, 0.1) is 12.7 Å². The van der Waals surface area contributed by atoms with E-state index in [2.05, 4.69) is 5.32 Å². The first-order valence-corrected chi connectivity index (χ1v) is 8.67. The third-order valence-electron chi connectivity index (χ3n) is 4.69. The van der Waals surface area contributed by atoms with Crippen LogP contribution >= 0.6 is 0 Å². The van der Waals surface area contributed by atoms with E-state index in [1.807, 2.05) is 0 Å². The molecule has 2 aromatic carbocycles. The number of methoxy groups -OCH3 is 1. The summed E-state index contributed by atoms with van der Waals surface area (Å²) in [4.78, 5) is 14.4. The van der Waals surface area contributed by atoms with Gasteiger partial charge in [-0.15, -0.1) is 0 Å². The Labute approximate surface area is 155 Å². The summed E-state index contributed by atoms with van der Waals surface area (Å²) in [5.41, 5.74) is 1.56. The largest absolute Gasteiger partial charge is 0.496 e. The van der Waals surface area contributed by atoms with Crippen molar-refractivity contribution in [3.63, 3.8) is 0 Å². The Kier molecular flexibility index (Phi) is 5.41. The van der Waals surface area contributed by atoms with E-state index in [0.29, 0.717) is 29.8 Å². The van der Waals surface area contributed by atoms with E-state index in [4.69, 9.17) is 4.74 Å². The van der Waals surface area contributed by atoms with Gasteiger partial charge in [-0.05, 0) is 47.9 Å². The number of benzene rings is 2. The quantitative estimate of drug-likeness (QED) is 0.885. The summed E-state index contributed by atoms with van der Waals surface area (Å²) in [5.74, 6) is -0.272. The van der Waals surface area contributed by atoms with Gasteiger partial charge in [-0.1, -0.05) is 12.1 Å². The van der Waals surface area contributed by atoms with Crippen LogP contribution in [-0.4, -0.2) is 44.1 Å². The van der Waals surface area contributed by atoms with Crippen LogP contribution < -0.4 is 10.1 Å². The molecule has 0 saturated carbocycles. The first kappa shape index (κ1) is 19.2. The highest BCUT2D eigenvalue weighted by atomic mass is 19.4. The summed E-state index contributed by atoms with van der Waals surface area (Å²) >= 11 is 0. The van der Waals surface area contributed by atoms with Crippen molar-refractivity contribution in [1.29, 1.82) is 0 Å². The van der Waals surface area contributed by atoms with Gasteiger partial charge in [-0.3, -0.25) is 4.79 Å². The van der Waals surface area contributed by atoms with Crippen LogP contribution in [0.2, 0.25) is 0 Å².